The van der Waals surface area contributed by atoms with E-state index in [1.807, 2.05) is 17.9 Å². The summed E-state index contributed by atoms with van der Waals surface area (Å²) in [5.41, 5.74) is 0. The molecule has 4 heteroatoms. The molecular weight excluding hydrogens is 224 g/mol. The molecule has 2 rings (SSSR count). The van der Waals surface area contributed by atoms with Crippen LogP contribution in [-0.2, 0) is 7.05 Å². The number of aromatic nitrogens is 2. The van der Waals surface area contributed by atoms with Crippen molar-refractivity contribution in [1.29, 1.82) is 0 Å². The van der Waals surface area contributed by atoms with Gasteiger partial charge >= 0.3 is 0 Å². The van der Waals surface area contributed by atoms with Gasteiger partial charge in [-0.1, -0.05) is 13.8 Å². The normalized spacial score (nSPS) is 28.7. The van der Waals surface area contributed by atoms with Gasteiger partial charge in [0.2, 0.25) is 0 Å². The highest BCUT2D eigenvalue weighted by atomic mass is 15.3. The zero-order valence-corrected chi connectivity index (χ0v) is 12.1. The van der Waals surface area contributed by atoms with Crippen LogP contribution in [0.1, 0.15) is 33.6 Å². The summed E-state index contributed by atoms with van der Waals surface area (Å²) in [6, 6.07) is 3.31. The van der Waals surface area contributed by atoms with Crippen LogP contribution in [0.25, 0.3) is 0 Å². The Balaban J connectivity index is 2.01. The summed E-state index contributed by atoms with van der Waals surface area (Å²) in [5.74, 6) is 1.78. The first-order valence-electron chi connectivity index (χ1n) is 7.13. The Morgan fingerprint density at radius 3 is 2.83 bits per heavy atom. The highest BCUT2D eigenvalue weighted by Gasteiger charge is 2.32. The second-order valence-electron chi connectivity index (χ2n) is 5.49. The zero-order valence-electron chi connectivity index (χ0n) is 12.1. The third-order valence-electron chi connectivity index (χ3n) is 4.22. The lowest BCUT2D eigenvalue weighted by Crippen LogP contribution is -2.53. The molecule has 2 heterocycles. The van der Waals surface area contributed by atoms with E-state index < -0.39 is 0 Å². The molecule has 1 fully saturated rings. The molecule has 3 atom stereocenters. The van der Waals surface area contributed by atoms with Crippen molar-refractivity contribution in [2.45, 2.75) is 45.7 Å². The fraction of sp³-hybridized carbons (Fsp3) is 0.786. The summed E-state index contributed by atoms with van der Waals surface area (Å²) in [6.07, 6.45) is 4.44. The molecule has 1 aromatic heterocycles. The van der Waals surface area contributed by atoms with Crippen LogP contribution in [0.2, 0.25) is 0 Å². The van der Waals surface area contributed by atoms with E-state index in [0.29, 0.717) is 18.0 Å². The molecule has 102 valence electrons. The van der Waals surface area contributed by atoms with Crippen LogP contribution < -0.4 is 10.2 Å². The van der Waals surface area contributed by atoms with E-state index in [2.05, 4.69) is 42.2 Å². The van der Waals surface area contributed by atoms with Crippen molar-refractivity contribution in [3.63, 3.8) is 0 Å². The van der Waals surface area contributed by atoms with Gasteiger partial charge in [0.15, 0.2) is 5.82 Å². The highest BCUT2D eigenvalue weighted by molar-refractivity contribution is 5.39. The molecule has 0 bridgehead atoms. The average molecular weight is 250 g/mol. The van der Waals surface area contributed by atoms with Crippen LogP contribution in [0.15, 0.2) is 12.3 Å². The van der Waals surface area contributed by atoms with Crippen LogP contribution in [0.3, 0.4) is 0 Å². The van der Waals surface area contributed by atoms with Crippen molar-refractivity contribution in [2.24, 2.45) is 13.0 Å². The average Bonchev–Trinajstić information content (AvgIpc) is 2.78. The largest absolute Gasteiger partial charge is 0.352 e. The van der Waals surface area contributed by atoms with Gasteiger partial charge in [0.1, 0.15) is 0 Å². The second kappa shape index (κ2) is 5.74. The fourth-order valence-corrected chi connectivity index (χ4v) is 2.86. The zero-order chi connectivity index (χ0) is 13.1. The van der Waals surface area contributed by atoms with E-state index in [0.717, 1.165) is 18.9 Å². The Morgan fingerprint density at radius 1 is 1.44 bits per heavy atom. The lowest BCUT2D eigenvalue weighted by Gasteiger charge is -2.43. The molecule has 0 aliphatic carbocycles. The van der Waals surface area contributed by atoms with Gasteiger partial charge in [0, 0.05) is 37.9 Å². The van der Waals surface area contributed by atoms with Gasteiger partial charge in [0.05, 0.1) is 0 Å². The van der Waals surface area contributed by atoms with Gasteiger partial charge in [-0.3, -0.25) is 4.68 Å². The molecule has 0 spiro atoms. The first-order valence-corrected chi connectivity index (χ1v) is 7.13. The molecule has 4 nitrogen and oxygen atoms in total. The molecule has 0 aromatic carbocycles. The maximum atomic E-state index is 4.53. The maximum Gasteiger partial charge on any atom is 0.150 e. The molecule has 1 saturated heterocycles. The minimum absolute atomic E-state index is 0.544. The Bertz CT molecular complexity index is 374. The highest BCUT2D eigenvalue weighted by Crippen LogP contribution is 2.27. The van der Waals surface area contributed by atoms with Crippen LogP contribution in [-0.4, -0.2) is 35.0 Å². The predicted octanol–water partition coefficient (Wildman–Crippen LogP) is 2.02. The fourth-order valence-electron chi connectivity index (χ4n) is 2.86. The minimum atomic E-state index is 0.544. The van der Waals surface area contributed by atoms with Gasteiger partial charge in [-0.05, 0) is 32.2 Å². The Morgan fingerprint density at radius 2 is 2.22 bits per heavy atom. The van der Waals surface area contributed by atoms with Crippen LogP contribution >= 0.6 is 0 Å². The van der Waals surface area contributed by atoms with E-state index in [4.69, 9.17) is 0 Å². The summed E-state index contributed by atoms with van der Waals surface area (Å²) < 4.78 is 1.88. The van der Waals surface area contributed by atoms with E-state index in [-0.39, 0.29) is 0 Å². The standard InChI is InChI=1S/C14H26N4/c1-5-8-15-13-6-10-18(12(3)11(13)2)14-7-9-17(4)16-14/h7,9,11-13,15H,5-6,8,10H2,1-4H3. The maximum absolute atomic E-state index is 4.53. The Kier molecular flexibility index (Phi) is 4.27. The Labute approximate surface area is 110 Å². The van der Waals surface area contributed by atoms with Gasteiger partial charge in [-0.2, -0.15) is 5.10 Å². The summed E-state index contributed by atoms with van der Waals surface area (Å²) in [5, 5.41) is 8.20. The number of nitrogens with zero attached hydrogens (tertiary/aromatic N) is 3. The van der Waals surface area contributed by atoms with Crippen LogP contribution in [0.4, 0.5) is 5.82 Å². The molecule has 1 aromatic rings. The van der Waals surface area contributed by atoms with Crippen molar-refractivity contribution in [3.8, 4) is 0 Å². The number of anilines is 1. The topological polar surface area (TPSA) is 33.1 Å². The van der Waals surface area contributed by atoms with Gasteiger partial charge in [-0.15, -0.1) is 0 Å². The summed E-state index contributed by atoms with van der Waals surface area (Å²) in [7, 11) is 1.98. The number of hydrogen-bond donors (Lipinski definition) is 1. The quantitative estimate of drug-likeness (QED) is 0.887. The molecule has 3 unspecified atom stereocenters. The van der Waals surface area contributed by atoms with Crippen molar-refractivity contribution >= 4 is 5.82 Å². The molecule has 1 aliphatic rings. The van der Waals surface area contributed by atoms with Crippen molar-refractivity contribution in [1.82, 2.24) is 15.1 Å². The molecule has 1 N–H and O–H groups in total. The summed E-state index contributed by atoms with van der Waals surface area (Å²) in [6.45, 7) is 9.13. The predicted molar refractivity (Wildman–Crippen MR) is 75.9 cm³/mol. The van der Waals surface area contributed by atoms with Gasteiger partial charge < -0.3 is 10.2 Å². The van der Waals surface area contributed by atoms with Crippen LogP contribution in [0, 0.1) is 5.92 Å². The SMILES string of the molecule is CCCNC1CCN(c2ccn(C)n2)C(C)C1C. The molecule has 1 aliphatic heterocycles. The van der Waals surface area contributed by atoms with Crippen molar-refractivity contribution in [2.75, 3.05) is 18.0 Å². The van der Waals surface area contributed by atoms with Crippen molar-refractivity contribution < 1.29 is 0 Å². The molecule has 18 heavy (non-hydrogen) atoms. The van der Waals surface area contributed by atoms with E-state index in [1.165, 1.54) is 12.8 Å². The lowest BCUT2D eigenvalue weighted by atomic mass is 9.87. The summed E-state index contributed by atoms with van der Waals surface area (Å²) >= 11 is 0. The van der Waals surface area contributed by atoms with E-state index in [1.54, 1.807) is 0 Å². The monoisotopic (exact) mass is 250 g/mol. The first kappa shape index (κ1) is 13.4. The third kappa shape index (κ3) is 2.69. The minimum Gasteiger partial charge on any atom is -0.352 e. The Hall–Kier alpha value is -1.03. The van der Waals surface area contributed by atoms with Crippen LogP contribution in [0.5, 0.6) is 0 Å². The van der Waals surface area contributed by atoms with E-state index >= 15 is 0 Å². The third-order valence-corrected chi connectivity index (χ3v) is 4.22. The van der Waals surface area contributed by atoms with Gasteiger partial charge in [-0.25, -0.2) is 0 Å². The smallest absolute Gasteiger partial charge is 0.150 e. The summed E-state index contributed by atoms with van der Waals surface area (Å²) in [4.78, 5) is 2.44. The van der Waals surface area contributed by atoms with Crippen molar-refractivity contribution in [3.05, 3.63) is 12.3 Å². The van der Waals surface area contributed by atoms with E-state index in [9.17, 15) is 0 Å². The molecule has 0 radical (unpaired) electrons. The number of nitrogens with one attached hydrogen (secondary N) is 1. The van der Waals surface area contributed by atoms with Gasteiger partial charge in [0.25, 0.3) is 0 Å². The first-order chi connectivity index (χ1) is 8.63. The lowest BCUT2D eigenvalue weighted by molar-refractivity contribution is 0.270. The number of hydrogen-bond acceptors (Lipinski definition) is 3. The second-order valence-corrected chi connectivity index (χ2v) is 5.49. The number of piperidine rings is 1. The molecule has 0 saturated carbocycles. The molecule has 0 amide bonds. The number of rotatable bonds is 4. The molecular formula is C14H26N4. The number of aryl methyl sites for hydroxylation is 1.